The quantitative estimate of drug-likeness (QED) is 0.424. The summed E-state index contributed by atoms with van der Waals surface area (Å²) in [5.41, 5.74) is 1.71. The van der Waals surface area contributed by atoms with E-state index in [1.54, 1.807) is 55.6 Å². The van der Waals surface area contributed by atoms with Crippen LogP contribution in [0.3, 0.4) is 0 Å². The van der Waals surface area contributed by atoms with Gasteiger partial charge in [0.15, 0.2) is 0 Å². The van der Waals surface area contributed by atoms with Crippen molar-refractivity contribution >= 4 is 39.4 Å². The molecule has 0 saturated carbocycles. The van der Waals surface area contributed by atoms with Gasteiger partial charge in [-0.05, 0) is 67.4 Å². The van der Waals surface area contributed by atoms with Crippen LogP contribution in [-0.4, -0.2) is 42.7 Å². The molecule has 1 aliphatic rings. The lowest BCUT2D eigenvalue weighted by atomic mass is 9.90. The Morgan fingerprint density at radius 1 is 1.03 bits per heavy atom. The minimum atomic E-state index is -3.95. The standard InChI is InChI=1S/C26H26ClNO5S2/c1-17-3-13-22(14-4-17)35(31,32)28-16-23(26(29)30)25(34-21-11-9-20(33-2)10-12-21)15-24(28)18-5-7-19(27)8-6-18/h3-14,23-25H,15-16H2,1-2H3,(H,29,30)/t23-,24+,25-/m1/s1. The fourth-order valence-electron chi connectivity index (χ4n) is 4.24. The maximum Gasteiger partial charge on any atom is 0.308 e. The molecular formula is C26H26ClNO5S2. The van der Waals surface area contributed by atoms with Crippen LogP contribution in [0.15, 0.2) is 82.6 Å². The number of carboxylic acid groups (broad SMARTS) is 1. The lowest BCUT2D eigenvalue weighted by Crippen LogP contribution is -2.49. The van der Waals surface area contributed by atoms with Gasteiger partial charge in [0.05, 0.1) is 24.0 Å². The Bertz CT molecular complexity index is 1280. The Kier molecular flexibility index (Phi) is 7.76. The molecule has 0 bridgehead atoms. The Morgan fingerprint density at radius 2 is 1.66 bits per heavy atom. The molecule has 0 unspecified atom stereocenters. The molecule has 6 nitrogen and oxygen atoms in total. The van der Waals surface area contributed by atoms with Crippen molar-refractivity contribution in [1.82, 2.24) is 4.31 Å². The molecule has 0 spiro atoms. The number of rotatable bonds is 7. The summed E-state index contributed by atoms with van der Waals surface area (Å²) in [5.74, 6) is -1.19. The first-order valence-electron chi connectivity index (χ1n) is 11.1. The van der Waals surface area contributed by atoms with E-state index in [2.05, 4.69) is 0 Å². The van der Waals surface area contributed by atoms with Gasteiger partial charge in [-0.1, -0.05) is 41.4 Å². The van der Waals surface area contributed by atoms with E-state index in [9.17, 15) is 18.3 Å². The number of hydrogen-bond donors (Lipinski definition) is 1. The molecule has 0 amide bonds. The summed E-state index contributed by atoms with van der Waals surface area (Å²) in [6.07, 6.45) is 0.334. The molecule has 1 aliphatic heterocycles. The number of nitrogens with zero attached hydrogens (tertiary/aromatic N) is 1. The van der Waals surface area contributed by atoms with Gasteiger partial charge >= 0.3 is 5.97 Å². The van der Waals surface area contributed by atoms with Crippen LogP contribution in [0.1, 0.15) is 23.6 Å². The summed E-state index contributed by atoms with van der Waals surface area (Å²) >= 11 is 7.54. The molecule has 4 rings (SSSR count). The number of halogens is 1. The summed E-state index contributed by atoms with van der Waals surface area (Å²) < 4.78 is 34.0. The molecule has 35 heavy (non-hydrogen) atoms. The highest BCUT2D eigenvalue weighted by atomic mass is 35.5. The highest BCUT2D eigenvalue weighted by molar-refractivity contribution is 8.00. The largest absolute Gasteiger partial charge is 0.497 e. The predicted octanol–water partition coefficient (Wildman–Crippen LogP) is 5.65. The number of piperidine rings is 1. The van der Waals surface area contributed by atoms with E-state index >= 15 is 0 Å². The number of aliphatic carboxylic acids is 1. The van der Waals surface area contributed by atoms with Crippen LogP contribution in [0.25, 0.3) is 0 Å². The number of carbonyl (C=O) groups is 1. The third kappa shape index (κ3) is 5.67. The topological polar surface area (TPSA) is 83.9 Å². The van der Waals surface area contributed by atoms with Crippen molar-refractivity contribution in [3.05, 3.63) is 88.9 Å². The van der Waals surface area contributed by atoms with E-state index < -0.39 is 28.0 Å². The molecule has 0 radical (unpaired) electrons. The zero-order valence-electron chi connectivity index (χ0n) is 19.3. The Hall–Kier alpha value is -2.52. The third-order valence-corrected chi connectivity index (χ3v) is 9.68. The molecule has 9 heteroatoms. The van der Waals surface area contributed by atoms with Gasteiger partial charge in [-0.25, -0.2) is 8.42 Å². The first-order valence-corrected chi connectivity index (χ1v) is 13.8. The molecular weight excluding hydrogens is 506 g/mol. The fraction of sp³-hybridized carbons (Fsp3) is 0.269. The van der Waals surface area contributed by atoms with E-state index in [0.717, 1.165) is 16.0 Å². The van der Waals surface area contributed by atoms with Gasteiger partial charge < -0.3 is 9.84 Å². The number of hydrogen-bond acceptors (Lipinski definition) is 5. The SMILES string of the molecule is COc1ccc(S[C@@H]2C[C@@H](c3ccc(Cl)cc3)N(S(=O)(=O)c3ccc(C)cc3)C[C@H]2C(=O)O)cc1. The van der Waals surface area contributed by atoms with Gasteiger partial charge in [0.2, 0.25) is 10.0 Å². The third-order valence-electron chi connectivity index (χ3n) is 6.18. The van der Waals surface area contributed by atoms with Crippen LogP contribution >= 0.6 is 23.4 Å². The molecule has 0 aromatic heterocycles. The van der Waals surface area contributed by atoms with Gasteiger partial charge in [-0.2, -0.15) is 4.31 Å². The fourth-order valence-corrected chi connectivity index (χ4v) is 7.30. The van der Waals surface area contributed by atoms with Gasteiger partial charge in [0.25, 0.3) is 0 Å². The van der Waals surface area contributed by atoms with Crippen LogP contribution in [0.5, 0.6) is 5.75 Å². The Balaban J connectivity index is 1.73. The van der Waals surface area contributed by atoms with Crippen LogP contribution in [0.2, 0.25) is 5.02 Å². The number of benzene rings is 3. The van der Waals surface area contributed by atoms with Gasteiger partial charge in [-0.15, -0.1) is 11.8 Å². The monoisotopic (exact) mass is 531 g/mol. The van der Waals surface area contributed by atoms with Crippen molar-refractivity contribution in [3.63, 3.8) is 0 Å². The summed E-state index contributed by atoms with van der Waals surface area (Å²) in [4.78, 5) is 13.4. The van der Waals surface area contributed by atoms with Gasteiger partial charge in [0, 0.05) is 21.7 Å². The number of methoxy groups -OCH3 is 1. The van der Waals surface area contributed by atoms with Gasteiger partial charge in [-0.3, -0.25) is 4.79 Å². The van der Waals surface area contributed by atoms with Gasteiger partial charge in [0.1, 0.15) is 5.75 Å². The Labute approximate surface area is 214 Å². The molecule has 3 aromatic carbocycles. The summed E-state index contributed by atoms with van der Waals surface area (Å²) in [6.45, 7) is 1.75. The predicted molar refractivity (Wildman–Crippen MR) is 138 cm³/mol. The maximum absolute atomic E-state index is 13.7. The smallest absolute Gasteiger partial charge is 0.308 e. The first-order chi connectivity index (χ1) is 16.7. The lowest BCUT2D eigenvalue weighted by Gasteiger charge is -2.41. The number of ether oxygens (including phenoxy) is 1. The normalized spacial score (nSPS) is 20.9. The average molecular weight is 532 g/mol. The van der Waals surface area contributed by atoms with Crippen molar-refractivity contribution in [1.29, 1.82) is 0 Å². The second-order valence-electron chi connectivity index (χ2n) is 8.47. The minimum Gasteiger partial charge on any atom is -0.497 e. The zero-order chi connectivity index (χ0) is 25.2. The van der Waals surface area contributed by atoms with E-state index in [1.165, 1.54) is 16.1 Å². The average Bonchev–Trinajstić information content (AvgIpc) is 2.85. The van der Waals surface area contributed by atoms with Crippen molar-refractivity contribution in [3.8, 4) is 5.75 Å². The second kappa shape index (κ2) is 10.6. The van der Waals surface area contributed by atoms with E-state index in [-0.39, 0.29) is 16.7 Å². The molecule has 1 saturated heterocycles. The van der Waals surface area contributed by atoms with Crippen LogP contribution < -0.4 is 4.74 Å². The number of thioether (sulfide) groups is 1. The number of carboxylic acids is 1. The van der Waals surface area contributed by atoms with E-state index in [4.69, 9.17) is 16.3 Å². The van der Waals surface area contributed by atoms with Crippen molar-refractivity contribution in [2.24, 2.45) is 5.92 Å². The number of aryl methyl sites for hydroxylation is 1. The maximum atomic E-state index is 13.7. The zero-order valence-corrected chi connectivity index (χ0v) is 21.7. The van der Waals surface area contributed by atoms with Crippen LogP contribution in [0, 0.1) is 12.8 Å². The molecule has 0 aliphatic carbocycles. The summed E-state index contributed by atoms with van der Waals surface area (Å²) in [6, 6.07) is 20.6. The highest BCUT2D eigenvalue weighted by Crippen LogP contribution is 2.44. The molecule has 1 fully saturated rings. The second-order valence-corrected chi connectivity index (χ2v) is 12.1. The molecule has 3 atom stereocenters. The molecule has 3 aromatic rings. The molecule has 184 valence electrons. The van der Waals surface area contributed by atoms with Crippen molar-refractivity contribution < 1.29 is 23.1 Å². The van der Waals surface area contributed by atoms with E-state index in [0.29, 0.717) is 17.2 Å². The summed E-state index contributed by atoms with van der Waals surface area (Å²) in [7, 11) is -2.36. The summed E-state index contributed by atoms with van der Waals surface area (Å²) in [5, 5.41) is 10.3. The van der Waals surface area contributed by atoms with Crippen LogP contribution in [0.4, 0.5) is 0 Å². The van der Waals surface area contributed by atoms with Crippen molar-refractivity contribution in [2.75, 3.05) is 13.7 Å². The van der Waals surface area contributed by atoms with Crippen LogP contribution in [-0.2, 0) is 14.8 Å². The number of sulfonamides is 1. The van der Waals surface area contributed by atoms with E-state index in [1.807, 2.05) is 31.2 Å². The van der Waals surface area contributed by atoms with Crippen molar-refractivity contribution in [2.45, 2.75) is 34.4 Å². The molecule has 1 N–H and O–H groups in total. The highest BCUT2D eigenvalue weighted by Gasteiger charge is 2.45. The first kappa shape index (κ1) is 25.6. The Morgan fingerprint density at radius 3 is 2.23 bits per heavy atom. The molecule has 1 heterocycles. The minimum absolute atomic E-state index is 0.132. The lowest BCUT2D eigenvalue weighted by molar-refractivity contribution is -0.143.